The maximum Gasteiger partial charge on any atom is 0.165 e. The van der Waals surface area contributed by atoms with Crippen LogP contribution in [0.1, 0.15) is 6.92 Å². The third-order valence-electron chi connectivity index (χ3n) is 2.21. The number of ether oxygens (including phenoxy) is 1. The average Bonchev–Trinajstić information content (AvgIpc) is 2.49. The van der Waals surface area contributed by atoms with Gasteiger partial charge in [0.25, 0.3) is 0 Å². The van der Waals surface area contributed by atoms with Gasteiger partial charge in [-0.15, -0.1) is 0 Å². The van der Waals surface area contributed by atoms with Gasteiger partial charge >= 0.3 is 0 Å². The number of nitrogens with one attached hydrogen (secondary N) is 1. The standard InChI is InChI=1S/C9H15NO2/c1-6(2)9(11)7-4-12-5-8(7)10-3/h7-8,10H,1,4-5H2,2-3H3. The number of ketones is 1. The lowest BCUT2D eigenvalue weighted by atomic mass is 9.95. The van der Waals surface area contributed by atoms with Gasteiger partial charge in [0.15, 0.2) is 5.78 Å². The van der Waals surface area contributed by atoms with Gasteiger partial charge in [0.2, 0.25) is 0 Å². The van der Waals surface area contributed by atoms with Crippen LogP contribution in [-0.4, -0.2) is 32.1 Å². The minimum atomic E-state index is -0.0347. The molecule has 0 aliphatic carbocycles. The molecule has 68 valence electrons. The normalized spacial score (nSPS) is 28.8. The Morgan fingerprint density at radius 1 is 1.58 bits per heavy atom. The number of carbonyl (C=O) groups excluding carboxylic acids is 1. The van der Waals surface area contributed by atoms with Crippen molar-refractivity contribution in [3.05, 3.63) is 12.2 Å². The summed E-state index contributed by atoms with van der Waals surface area (Å²) in [6.07, 6.45) is 0. The van der Waals surface area contributed by atoms with Gasteiger partial charge in [-0.1, -0.05) is 6.58 Å². The second-order valence-corrected chi connectivity index (χ2v) is 3.18. The van der Waals surface area contributed by atoms with Crippen molar-refractivity contribution < 1.29 is 9.53 Å². The summed E-state index contributed by atoms with van der Waals surface area (Å²) in [7, 11) is 1.85. The van der Waals surface area contributed by atoms with Gasteiger partial charge in [0.05, 0.1) is 19.1 Å². The molecular formula is C9H15NO2. The molecule has 0 aromatic rings. The van der Waals surface area contributed by atoms with E-state index in [1.807, 2.05) is 7.05 Å². The maximum atomic E-state index is 11.5. The fraction of sp³-hybridized carbons (Fsp3) is 0.667. The van der Waals surface area contributed by atoms with Crippen molar-refractivity contribution in [2.24, 2.45) is 5.92 Å². The minimum absolute atomic E-state index is 0.0347. The van der Waals surface area contributed by atoms with Gasteiger partial charge in [0, 0.05) is 6.04 Å². The Morgan fingerprint density at radius 3 is 2.75 bits per heavy atom. The number of allylic oxidation sites excluding steroid dienone is 1. The molecule has 0 amide bonds. The van der Waals surface area contributed by atoms with Crippen LogP contribution in [0.3, 0.4) is 0 Å². The van der Waals surface area contributed by atoms with Crippen LogP contribution >= 0.6 is 0 Å². The first-order chi connectivity index (χ1) is 5.66. The first kappa shape index (κ1) is 9.42. The molecule has 0 saturated carbocycles. The Hall–Kier alpha value is -0.670. The first-order valence-corrected chi connectivity index (χ1v) is 4.11. The fourth-order valence-corrected chi connectivity index (χ4v) is 1.41. The van der Waals surface area contributed by atoms with Crippen LogP contribution in [0.15, 0.2) is 12.2 Å². The van der Waals surface area contributed by atoms with E-state index in [0.717, 1.165) is 0 Å². The number of likely N-dealkylation sites (N-methyl/N-ethyl adjacent to an activating group) is 1. The van der Waals surface area contributed by atoms with Crippen molar-refractivity contribution in [3.8, 4) is 0 Å². The Morgan fingerprint density at radius 2 is 2.25 bits per heavy atom. The van der Waals surface area contributed by atoms with Crippen LogP contribution < -0.4 is 5.32 Å². The van der Waals surface area contributed by atoms with Crippen LogP contribution in [-0.2, 0) is 9.53 Å². The van der Waals surface area contributed by atoms with Crippen molar-refractivity contribution >= 4 is 5.78 Å². The van der Waals surface area contributed by atoms with Crippen LogP contribution in [0, 0.1) is 5.92 Å². The van der Waals surface area contributed by atoms with Crippen molar-refractivity contribution in [3.63, 3.8) is 0 Å². The smallest absolute Gasteiger partial charge is 0.165 e. The summed E-state index contributed by atoms with van der Waals surface area (Å²) in [6.45, 7) is 6.53. The Bertz CT molecular complexity index is 201. The van der Waals surface area contributed by atoms with Crippen LogP contribution in [0.4, 0.5) is 0 Å². The van der Waals surface area contributed by atoms with Gasteiger partial charge in [-0.25, -0.2) is 0 Å². The molecule has 1 rings (SSSR count). The summed E-state index contributed by atoms with van der Waals surface area (Å²) in [5.74, 6) is 0.0827. The van der Waals surface area contributed by atoms with Crippen molar-refractivity contribution in [1.82, 2.24) is 5.32 Å². The second-order valence-electron chi connectivity index (χ2n) is 3.18. The predicted octanol–water partition coefficient (Wildman–Crippen LogP) is 0.366. The Labute approximate surface area is 72.8 Å². The molecule has 1 aliphatic heterocycles. The van der Waals surface area contributed by atoms with Crippen molar-refractivity contribution in [1.29, 1.82) is 0 Å². The molecule has 12 heavy (non-hydrogen) atoms. The van der Waals surface area contributed by atoms with E-state index in [1.165, 1.54) is 0 Å². The van der Waals surface area contributed by atoms with E-state index in [1.54, 1.807) is 6.92 Å². The summed E-state index contributed by atoms with van der Waals surface area (Å²) >= 11 is 0. The zero-order chi connectivity index (χ0) is 9.14. The lowest BCUT2D eigenvalue weighted by molar-refractivity contribution is -0.119. The summed E-state index contributed by atoms with van der Waals surface area (Å²) in [5.41, 5.74) is 0.616. The topological polar surface area (TPSA) is 38.3 Å². The molecule has 2 atom stereocenters. The highest BCUT2D eigenvalue weighted by Crippen LogP contribution is 2.17. The molecule has 1 fully saturated rings. The van der Waals surface area contributed by atoms with Crippen LogP contribution in [0.5, 0.6) is 0 Å². The molecule has 0 radical (unpaired) electrons. The SMILES string of the molecule is C=C(C)C(=O)C1COCC1NC. The predicted molar refractivity (Wildman–Crippen MR) is 47.0 cm³/mol. The van der Waals surface area contributed by atoms with E-state index in [4.69, 9.17) is 4.74 Å². The van der Waals surface area contributed by atoms with Gasteiger partial charge < -0.3 is 10.1 Å². The van der Waals surface area contributed by atoms with E-state index in [2.05, 4.69) is 11.9 Å². The summed E-state index contributed by atoms with van der Waals surface area (Å²) in [5, 5.41) is 3.06. The average molecular weight is 169 g/mol. The molecule has 1 N–H and O–H groups in total. The Kier molecular flexibility index (Phi) is 3.00. The van der Waals surface area contributed by atoms with E-state index < -0.39 is 0 Å². The third kappa shape index (κ3) is 1.73. The number of Topliss-reactive ketones (excluding diaryl/α,β-unsaturated/α-hetero) is 1. The second kappa shape index (κ2) is 3.83. The lowest BCUT2D eigenvalue weighted by Crippen LogP contribution is -2.37. The molecular weight excluding hydrogens is 154 g/mol. The van der Waals surface area contributed by atoms with Crippen LogP contribution in [0.2, 0.25) is 0 Å². The summed E-state index contributed by atoms with van der Waals surface area (Å²) in [6, 6.07) is 0.161. The van der Waals surface area contributed by atoms with Gasteiger partial charge in [-0.05, 0) is 19.5 Å². The summed E-state index contributed by atoms with van der Waals surface area (Å²) in [4.78, 5) is 11.5. The molecule has 0 aromatic heterocycles. The number of rotatable bonds is 3. The highest BCUT2D eigenvalue weighted by molar-refractivity contribution is 5.96. The largest absolute Gasteiger partial charge is 0.379 e. The van der Waals surface area contributed by atoms with Gasteiger partial charge in [-0.3, -0.25) is 4.79 Å². The monoisotopic (exact) mass is 169 g/mol. The quantitative estimate of drug-likeness (QED) is 0.620. The molecule has 3 nitrogen and oxygen atoms in total. The highest BCUT2D eigenvalue weighted by Gasteiger charge is 2.32. The molecule has 0 spiro atoms. The lowest BCUT2D eigenvalue weighted by Gasteiger charge is -2.14. The van der Waals surface area contributed by atoms with E-state index in [-0.39, 0.29) is 17.7 Å². The minimum Gasteiger partial charge on any atom is -0.379 e. The van der Waals surface area contributed by atoms with E-state index in [0.29, 0.717) is 18.8 Å². The van der Waals surface area contributed by atoms with Gasteiger partial charge in [-0.2, -0.15) is 0 Å². The molecule has 0 aromatic carbocycles. The van der Waals surface area contributed by atoms with Crippen molar-refractivity contribution in [2.75, 3.05) is 20.3 Å². The van der Waals surface area contributed by atoms with Crippen LogP contribution in [0.25, 0.3) is 0 Å². The molecule has 1 saturated heterocycles. The number of carbonyl (C=O) groups is 1. The molecule has 2 unspecified atom stereocenters. The molecule has 1 aliphatic rings. The molecule has 0 bridgehead atoms. The maximum absolute atomic E-state index is 11.5. The zero-order valence-electron chi connectivity index (χ0n) is 7.59. The fourth-order valence-electron chi connectivity index (χ4n) is 1.41. The van der Waals surface area contributed by atoms with Gasteiger partial charge in [0.1, 0.15) is 0 Å². The highest BCUT2D eigenvalue weighted by atomic mass is 16.5. The Balaban J connectivity index is 2.61. The molecule has 1 heterocycles. The van der Waals surface area contributed by atoms with Crippen molar-refractivity contribution in [2.45, 2.75) is 13.0 Å². The molecule has 3 heteroatoms. The zero-order valence-corrected chi connectivity index (χ0v) is 7.59. The first-order valence-electron chi connectivity index (χ1n) is 4.11. The van der Waals surface area contributed by atoms with E-state index in [9.17, 15) is 4.79 Å². The summed E-state index contributed by atoms with van der Waals surface area (Å²) < 4.78 is 5.21. The number of hydrogen-bond donors (Lipinski definition) is 1. The third-order valence-corrected chi connectivity index (χ3v) is 2.21. The van der Waals surface area contributed by atoms with E-state index >= 15 is 0 Å². The number of hydrogen-bond acceptors (Lipinski definition) is 3.